The van der Waals surface area contributed by atoms with E-state index in [9.17, 15) is 19.8 Å². The number of carbonyl (C=O) groups is 2. The highest BCUT2D eigenvalue weighted by atomic mass is 16.5. The average Bonchev–Trinajstić information content (AvgIpc) is 3.20. The highest BCUT2D eigenvalue weighted by Crippen LogP contribution is 2.17. The zero-order chi connectivity index (χ0) is 41.7. The van der Waals surface area contributed by atoms with Crippen LogP contribution in [0.2, 0.25) is 0 Å². The lowest BCUT2D eigenvalue weighted by molar-refractivity contribution is -0.151. The Morgan fingerprint density at radius 2 is 0.912 bits per heavy atom. The van der Waals surface area contributed by atoms with Gasteiger partial charge in [0.1, 0.15) is 6.10 Å². The van der Waals surface area contributed by atoms with E-state index >= 15 is 0 Å². The molecule has 57 heavy (non-hydrogen) atoms. The fourth-order valence-corrected chi connectivity index (χ4v) is 7.40. The standard InChI is InChI=1S/C51H95NO5/c1-4-7-10-13-16-19-21-23-25-27-29-32-35-38-41-44-51(56)57-47(42-39-36-33-30-18-15-12-9-6-3)45-50(55)52-48(46-53)49(54)43-40-37-34-31-28-26-24-22-20-17-14-11-8-5-2/h15-16,18-19,21,23,47-49,53-54H,4-14,17,20,22,24-46H2,1-3H3,(H,52,55)/b18-15-,19-16+,23-21+. The van der Waals surface area contributed by atoms with E-state index in [1.54, 1.807) is 0 Å². The molecule has 0 radical (unpaired) electrons. The van der Waals surface area contributed by atoms with Crippen LogP contribution >= 0.6 is 0 Å². The molecule has 3 unspecified atom stereocenters. The predicted octanol–water partition coefficient (Wildman–Crippen LogP) is 14.5. The Morgan fingerprint density at radius 1 is 0.509 bits per heavy atom. The van der Waals surface area contributed by atoms with Crippen molar-refractivity contribution in [3.05, 3.63) is 36.5 Å². The molecule has 0 aliphatic heterocycles. The van der Waals surface area contributed by atoms with E-state index in [2.05, 4.69) is 62.5 Å². The van der Waals surface area contributed by atoms with Crippen molar-refractivity contribution in [1.29, 1.82) is 0 Å². The minimum atomic E-state index is -0.790. The van der Waals surface area contributed by atoms with E-state index in [0.29, 0.717) is 19.3 Å². The first kappa shape index (κ1) is 55.1. The lowest BCUT2D eigenvalue weighted by Gasteiger charge is -2.24. The van der Waals surface area contributed by atoms with Crippen LogP contribution in [0.3, 0.4) is 0 Å². The van der Waals surface area contributed by atoms with Crippen LogP contribution in [0.5, 0.6) is 0 Å². The summed E-state index contributed by atoms with van der Waals surface area (Å²) < 4.78 is 5.89. The first-order valence-corrected chi connectivity index (χ1v) is 24.7. The molecule has 0 saturated heterocycles. The van der Waals surface area contributed by atoms with Gasteiger partial charge in [-0.05, 0) is 70.6 Å². The first-order valence-electron chi connectivity index (χ1n) is 24.7. The Hall–Kier alpha value is -1.92. The number of aliphatic hydroxyl groups excluding tert-OH is 2. The molecule has 6 nitrogen and oxygen atoms in total. The number of carbonyl (C=O) groups excluding carboxylic acids is 2. The van der Waals surface area contributed by atoms with Crippen molar-refractivity contribution in [2.45, 2.75) is 270 Å². The number of ether oxygens (including phenoxy) is 1. The van der Waals surface area contributed by atoms with Crippen LogP contribution in [-0.2, 0) is 14.3 Å². The van der Waals surface area contributed by atoms with Crippen molar-refractivity contribution in [3.63, 3.8) is 0 Å². The maximum atomic E-state index is 13.1. The maximum Gasteiger partial charge on any atom is 0.306 e. The van der Waals surface area contributed by atoms with Crippen molar-refractivity contribution in [2.24, 2.45) is 0 Å². The van der Waals surface area contributed by atoms with Crippen molar-refractivity contribution >= 4 is 11.9 Å². The Kier molecular flexibility index (Phi) is 43.6. The fourth-order valence-electron chi connectivity index (χ4n) is 7.40. The lowest BCUT2D eigenvalue weighted by atomic mass is 10.0. The van der Waals surface area contributed by atoms with Crippen LogP contribution in [0.4, 0.5) is 0 Å². The van der Waals surface area contributed by atoms with Gasteiger partial charge in [0.05, 0.1) is 25.2 Å². The molecule has 0 spiro atoms. The van der Waals surface area contributed by atoms with Gasteiger partial charge in [-0.25, -0.2) is 0 Å². The van der Waals surface area contributed by atoms with Crippen LogP contribution in [0, 0.1) is 0 Å². The van der Waals surface area contributed by atoms with Gasteiger partial charge in [-0.15, -0.1) is 0 Å². The Bertz CT molecular complexity index is 946. The van der Waals surface area contributed by atoms with E-state index in [-0.39, 0.29) is 24.9 Å². The molecule has 3 N–H and O–H groups in total. The first-order chi connectivity index (χ1) is 28.0. The van der Waals surface area contributed by atoms with Gasteiger partial charge < -0.3 is 20.3 Å². The molecule has 0 rings (SSSR count). The molecule has 0 fully saturated rings. The van der Waals surface area contributed by atoms with Gasteiger partial charge >= 0.3 is 5.97 Å². The third kappa shape index (κ3) is 40.6. The van der Waals surface area contributed by atoms with Gasteiger partial charge in [0.15, 0.2) is 0 Å². The van der Waals surface area contributed by atoms with Gasteiger partial charge in [0.2, 0.25) is 5.91 Å². The number of allylic oxidation sites excluding steroid dienone is 6. The number of esters is 1. The molecule has 0 aromatic heterocycles. The number of unbranched alkanes of at least 4 members (excludes halogenated alkanes) is 27. The van der Waals surface area contributed by atoms with Crippen LogP contribution in [0.15, 0.2) is 36.5 Å². The molecule has 0 saturated carbocycles. The highest BCUT2D eigenvalue weighted by Gasteiger charge is 2.24. The second-order valence-corrected chi connectivity index (χ2v) is 16.9. The van der Waals surface area contributed by atoms with E-state index in [0.717, 1.165) is 77.0 Å². The minimum Gasteiger partial charge on any atom is -0.462 e. The van der Waals surface area contributed by atoms with E-state index in [1.807, 2.05) is 0 Å². The Labute approximate surface area is 353 Å². The molecule has 0 heterocycles. The van der Waals surface area contributed by atoms with E-state index in [4.69, 9.17) is 4.74 Å². The molecule has 0 aromatic rings. The number of nitrogens with one attached hydrogen (secondary N) is 1. The number of aliphatic hydroxyl groups is 2. The Morgan fingerprint density at radius 3 is 1.46 bits per heavy atom. The number of amides is 1. The van der Waals surface area contributed by atoms with Crippen molar-refractivity contribution in [2.75, 3.05) is 6.61 Å². The van der Waals surface area contributed by atoms with E-state index < -0.39 is 18.2 Å². The van der Waals surface area contributed by atoms with Gasteiger partial charge in [-0.2, -0.15) is 0 Å². The van der Waals surface area contributed by atoms with Gasteiger partial charge in [-0.1, -0.05) is 205 Å². The quantitative estimate of drug-likeness (QED) is 0.0247. The summed E-state index contributed by atoms with van der Waals surface area (Å²) in [6, 6.07) is -0.705. The summed E-state index contributed by atoms with van der Waals surface area (Å²) in [6.07, 6.45) is 52.0. The smallest absolute Gasteiger partial charge is 0.306 e. The summed E-state index contributed by atoms with van der Waals surface area (Å²) in [5.74, 6) is -0.500. The third-order valence-corrected chi connectivity index (χ3v) is 11.2. The molecule has 0 aromatic carbocycles. The molecule has 6 heteroatoms. The second-order valence-electron chi connectivity index (χ2n) is 16.9. The molecule has 0 aliphatic carbocycles. The molecule has 0 bridgehead atoms. The molecule has 0 aliphatic rings. The van der Waals surface area contributed by atoms with Crippen LogP contribution in [0.25, 0.3) is 0 Å². The van der Waals surface area contributed by atoms with Gasteiger partial charge in [0.25, 0.3) is 0 Å². The van der Waals surface area contributed by atoms with Gasteiger partial charge in [-0.3, -0.25) is 9.59 Å². The largest absolute Gasteiger partial charge is 0.462 e. The third-order valence-electron chi connectivity index (χ3n) is 11.2. The summed E-state index contributed by atoms with van der Waals surface area (Å²) in [5, 5.41) is 23.7. The Balaban J connectivity index is 4.49. The maximum absolute atomic E-state index is 13.1. The van der Waals surface area contributed by atoms with Crippen molar-refractivity contribution < 1.29 is 24.5 Å². The average molecular weight is 802 g/mol. The van der Waals surface area contributed by atoms with Gasteiger partial charge in [0, 0.05) is 6.42 Å². The SMILES string of the molecule is CCCC/C=C\CCCCCC(CC(=O)NC(CO)C(O)CCCCCCCCCCCCCCCC)OC(=O)CCCCCCCC/C=C/C=C/CCCCC. The summed E-state index contributed by atoms with van der Waals surface area (Å²) >= 11 is 0. The predicted molar refractivity (Wildman–Crippen MR) is 246 cm³/mol. The van der Waals surface area contributed by atoms with Crippen LogP contribution in [0.1, 0.15) is 252 Å². The summed E-state index contributed by atoms with van der Waals surface area (Å²) in [4.78, 5) is 26.0. The second kappa shape index (κ2) is 45.2. The summed E-state index contributed by atoms with van der Waals surface area (Å²) in [5.41, 5.74) is 0. The molecular weight excluding hydrogens is 707 g/mol. The zero-order valence-corrected chi connectivity index (χ0v) is 38.0. The fraction of sp³-hybridized carbons (Fsp3) is 0.843. The van der Waals surface area contributed by atoms with Crippen LogP contribution < -0.4 is 5.32 Å². The number of hydrogen-bond donors (Lipinski definition) is 3. The number of hydrogen-bond acceptors (Lipinski definition) is 5. The summed E-state index contributed by atoms with van der Waals surface area (Å²) in [6.45, 7) is 6.40. The number of rotatable bonds is 44. The molecular formula is C51H95NO5. The van der Waals surface area contributed by atoms with E-state index in [1.165, 1.54) is 128 Å². The van der Waals surface area contributed by atoms with Crippen LogP contribution in [-0.4, -0.2) is 46.9 Å². The molecule has 1 amide bonds. The normalized spacial score (nSPS) is 13.6. The summed E-state index contributed by atoms with van der Waals surface area (Å²) in [7, 11) is 0. The monoisotopic (exact) mass is 802 g/mol. The molecule has 3 atom stereocenters. The zero-order valence-electron chi connectivity index (χ0n) is 38.0. The van der Waals surface area contributed by atoms with Crippen molar-refractivity contribution in [3.8, 4) is 0 Å². The lowest BCUT2D eigenvalue weighted by Crippen LogP contribution is -2.46. The topological polar surface area (TPSA) is 95.9 Å². The molecule has 334 valence electrons. The highest BCUT2D eigenvalue weighted by molar-refractivity contribution is 5.77. The minimum absolute atomic E-state index is 0.0633. The van der Waals surface area contributed by atoms with Crippen molar-refractivity contribution in [1.82, 2.24) is 5.32 Å².